The molecule has 2 rings (SSSR count). The van der Waals surface area contributed by atoms with E-state index in [0.29, 0.717) is 5.56 Å². The molecule has 1 nitrogen and oxygen atoms in total. The second-order valence-corrected chi connectivity index (χ2v) is 3.96. The number of halogens is 3. The van der Waals surface area contributed by atoms with Gasteiger partial charge < -0.3 is 5.73 Å². The van der Waals surface area contributed by atoms with Crippen LogP contribution in [0.5, 0.6) is 0 Å². The highest BCUT2D eigenvalue weighted by Crippen LogP contribution is 2.61. The van der Waals surface area contributed by atoms with Crippen molar-refractivity contribution in [1.29, 1.82) is 0 Å². The van der Waals surface area contributed by atoms with Gasteiger partial charge in [-0.05, 0) is 22.4 Å². The highest BCUT2D eigenvalue weighted by Gasteiger charge is 2.71. The van der Waals surface area contributed by atoms with Gasteiger partial charge in [0.2, 0.25) is 0 Å². The van der Waals surface area contributed by atoms with E-state index in [2.05, 4.69) is 0 Å². The first-order chi connectivity index (χ1) is 5.62. The van der Waals surface area contributed by atoms with E-state index in [1.807, 2.05) is 0 Å². The van der Waals surface area contributed by atoms with Crippen molar-refractivity contribution in [3.8, 4) is 0 Å². The lowest BCUT2D eigenvalue weighted by Crippen LogP contribution is -2.26. The van der Waals surface area contributed by atoms with Crippen LogP contribution in [0.2, 0.25) is 0 Å². The summed E-state index contributed by atoms with van der Waals surface area (Å²) in [5.74, 6) is -2.58. The summed E-state index contributed by atoms with van der Waals surface area (Å²) >= 11 is 1.43. The zero-order chi connectivity index (χ0) is 8.82. The Kier molecular flexibility index (Phi) is 2.67. The molecule has 5 heteroatoms. The Morgan fingerprint density at radius 1 is 1.54 bits per heavy atom. The minimum absolute atomic E-state index is 0. The van der Waals surface area contributed by atoms with Gasteiger partial charge in [0.05, 0.1) is 5.41 Å². The first-order valence-corrected chi connectivity index (χ1v) is 4.67. The molecule has 1 aliphatic rings. The molecule has 1 aromatic rings. The maximum absolute atomic E-state index is 12.9. The molecule has 2 N–H and O–H groups in total. The third-order valence-electron chi connectivity index (χ3n) is 2.52. The van der Waals surface area contributed by atoms with Gasteiger partial charge in [-0.1, -0.05) is 0 Å². The lowest BCUT2D eigenvalue weighted by atomic mass is 9.99. The number of hydrogen-bond acceptors (Lipinski definition) is 2. The third kappa shape index (κ3) is 1.37. The monoisotopic (exact) mass is 225 g/mol. The molecule has 1 heterocycles. The normalized spacial score (nSPS) is 29.5. The number of hydrogen-bond donors (Lipinski definition) is 1. The van der Waals surface area contributed by atoms with Crippen molar-refractivity contribution in [2.45, 2.75) is 17.8 Å². The fourth-order valence-electron chi connectivity index (χ4n) is 1.52. The molecule has 0 spiro atoms. The molecule has 1 atom stereocenters. The Morgan fingerprint density at radius 3 is 2.46 bits per heavy atom. The minimum Gasteiger partial charge on any atom is -0.329 e. The molecular weight excluding hydrogens is 216 g/mol. The SMILES string of the molecule is Cl.NCC1(c2ccsc2)CC1(F)F. The van der Waals surface area contributed by atoms with Gasteiger partial charge in [0.1, 0.15) is 0 Å². The summed E-state index contributed by atoms with van der Waals surface area (Å²) in [6, 6.07) is 1.73. The highest BCUT2D eigenvalue weighted by atomic mass is 35.5. The van der Waals surface area contributed by atoms with Crippen LogP contribution in [-0.4, -0.2) is 12.5 Å². The summed E-state index contributed by atoms with van der Waals surface area (Å²) in [7, 11) is 0. The maximum atomic E-state index is 12.9. The predicted molar refractivity (Wildman–Crippen MR) is 51.9 cm³/mol. The number of alkyl halides is 2. The minimum atomic E-state index is -2.58. The number of thiophene rings is 1. The van der Waals surface area contributed by atoms with E-state index in [0.717, 1.165) is 0 Å². The molecule has 0 aliphatic heterocycles. The van der Waals surface area contributed by atoms with Gasteiger partial charge in [0.15, 0.2) is 0 Å². The van der Waals surface area contributed by atoms with Crippen LogP contribution in [0.25, 0.3) is 0 Å². The van der Waals surface area contributed by atoms with Crippen LogP contribution < -0.4 is 5.73 Å². The lowest BCUT2D eigenvalue weighted by molar-refractivity contribution is 0.0897. The Hall–Kier alpha value is -0.190. The van der Waals surface area contributed by atoms with Gasteiger partial charge in [0, 0.05) is 13.0 Å². The molecule has 1 fully saturated rings. The molecule has 1 aromatic heterocycles. The molecule has 0 amide bonds. The zero-order valence-corrected chi connectivity index (χ0v) is 8.43. The topological polar surface area (TPSA) is 26.0 Å². The predicted octanol–water partition coefficient (Wildman–Crippen LogP) is 2.41. The molecular formula is C8H10ClF2NS. The van der Waals surface area contributed by atoms with E-state index >= 15 is 0 Å². The lowest BCUT2D eigenvalue weighted by Gasteiger charge is -2.10. The van der Waals surface area contributed by atoms with E-state index in [4.69, 9.17) is 5.73 Å². The Bertz CT molecular complexity index is 288. The molecule has 74 valence electrons. The number of rotatable bonds is 2. The average Bonchev–Trinajstić information content (AvgIpc) is 2.52. The van der Waals surface area contributed by atoms with Crippen molar-refractivity contribution >= 4 is 23.7 Å². The Morgan fingerprint density at radius 2 is 2.15 bits per heavy atom. The highest BCUT2D eigenvalue weighted by molar-refractivity contribution is 7.08. The van der Waals surface area contributed by atoms with Crippen LogP contribution in [-0.2, 0) is 5.41 Å². The standard InChI is InChI=1S/C8H9F2NS.ClH/c9-8(10)4-7(8,5-11)6-1-2-12-3-6;/h1-3H,4-5,11H2;1H. The largest absolute Gasteiger partial charge is 0.329 e. The van der Waals surface area contributed by atoms with Gasteiger partial charge in [-0.3, -0.25) is 0 Å². The first-order valence-electron chi connectivity index (χ1n) is 3.73. The molecule has 13 heavy (non-hydrogen) atoms. The van der Waals surface area contributed by atoms with E-state index < -0.39 is 11.3 Å². The van der Waals surface area contributed by atoms with Crippen molar-refractivity contribution in [3.05, 3.63) is 22.4 Å². The van der Waals surface area contributed by atoms with Gasteiger partial charge in [-0.15, -0.1) is 12.4 Å². The second kappa shape index (κ2) is 3.19. The van der Waals surface area contributed by atoms with Crippen LogP contribution in [0.1, 0.15) is 12.0 Å². The fraction of sp³-hybridized carbons (Fsp3) is 0.500. The molecule has 0 radical (unpaired) electrons. The van der Waals surface area contributed by atoms with Crippen molar-refractivity contribution < 1.29 is 8.78 Å². The summed E-state index contributed by atoms with van der Waals surface area (Å²) in [6.45, 7) is 0.0384. The second-order valence-electron chi connectivity index (χ2n) is 3.18. The van der Waals surface area contributed by atoms with Gasteiger partial charge in [-0.2, -0.15) is 11.3 Å². The molecule has 0 saturated heterocycles. The van der Waals surface area contributed by atoms with Crippen molar-refractivity contribution in [2.75, 3.05) is 6.54 Å². The van der Waals surface area contributed by atoms with Crippen LogP contribution in [0.3, 0.4) is 0 Å². The van der Waals surface area contributed by atoms with E-state index in [1.54, 1.807) is 16.8 Å². The van der Waals surface area contributed by atoms with Crippen LogP contribution in [0, 0.1) is 0 Å². The maximum Gasteiger partial charge on any atom is 0.260 e. The average molecular weight is 226 g/mol. The molecule has 1 aliphatic carbocycles. The summed E-state index contributed by atoms with van der Waals surface area (Å²) in [5.41, 5.74) is 5.02. The molecule has 1 unspecified atom stereocenters. The number of nitrogens with two attached hydrogens (primary N) is 1. The van der Waals surface area contributed by atoms with E-state index in [1.165, 1.54) is 11.3 Å². The Labute approximate surface area is 85.3 Å². The van der Waals surface area contributed by atoms with Gasteiger partial charge in [-0.25, -0.2) is 8.78 Å². The molecule has 0 aromatic carbocycles. The van der Waals surface area contributed by atoms with Crippen molar-refractivity contribution in [2.24, 2.45) is 5.73 Å². The van der Waals surface area contributed by atoms with Gasteiger partial charge in [0.25, 0.3) is 5.92 Å². The summed E-state index contributed by atoms with van der Waals surface area (Å²) in [5, 5.41) is 3.56. The fourth-order valence-corrected chi connectivity index (χ4v) is 2.28. The van der Waals surface area contributed by atoms with E-state index in [9.17, 15) is 8.78 Å². The molecule has 0 bridgehead atoms. The quantitative estimate of drug-likeness (QED) is 0.822. The van der Waals surface area contributed by atoms with Crippen LogP contribution in [0.4, 0.5) is 8.78 Å². The van der Waals surface area contributed by atoms with Crippen LogP contribution in [0.15, 0.2) is 16.8 Å². The smallest absolute Gasteiger partial charge is 0.260 e. The van der Waals surface area contributed by atoms with Crippen LogP contribution >= 0.6 is 23.7 Å². The first kappa shape index (κ1) is 10.9. The molecule has 1 saturated carbocycles. The van der Waals surface area contributed by atoms with E-state index in [-0.39, 0.29) is 25.4 Å². The summed E-state index contributed by atoms with van der Waals surface area (Å²) < 4.78 is 25.9. The summed E-state index contributed by atoms with van der Waals surface area (Å²) in [4.78, 5) is 0. The van der Waals surface area contributed by atoms with Crippen molar-refractivity contribution in [3.63, 3.8) is 0 Å². The van der Waals surface area contributed by atoms with Crippen molar-refractivity contribution in [1.82, 2.24) is 0 Å². The third-order valence-corrected chi connectivity index (χ3v) is 3.20. The zero-order valence-electron chi connectivity index (χ0n) is 6.80. The van der Waals surface area contributed by atoms with Gasteiger partial charge >= 0.3 is 0 Å². The Balaban J connectivity index is 0.000000845. The summed E-state index contributed by atoms with van der Waals surface area (Å²) in [6.07, 6.45) is -0.0900.